The predicted octanol–water partition coefficient (Wildman–Crippen LogP) is 4.50. The minimum Gasteiger partial charge on any atom is -0.308 e. The Balaban J connectivity index is 1.95. The highest BCUT2D eigenvalue weighted by Crippen LogP contribution is 2.21. The highest BCUT2D eigenvalue weighted by molar-refractivity contribution is 6.09. The standard InChI is InChI=1S/C21H25NO/c1-15(2)9-5-4-6-14-22-16(3)18-12-7-10-17-11-8-13-19(20(17)18)21(22)23/h7-8,10-13,15H,3-6,9,14H2,1-2H3. The minimum atomic E-state index is 0.100. The molecule has 120 valence electrons. The Morgan fingerprint density at radius 2 is 1.70 bits per heavy atom. The van der Waals surface area contributed by atoms with E-state index in [1.807, 2.05) is 22.8 Å². The van der Waals surface area contributed by atoms with Crippen LogP contribution in [0.5, 0.6) is 0 Å². The van der Waals surface area contributed by atoms with E-state index in [4.69, 9.17) is 0 Å². The van der Waals surface area contributed by atoms with Crippen molar-refractivity contribution in [2.45, 2.75) is 46.1 Å². The van der Waals surface area contributed by atoms with Crippen molar-refractivity contribution in [2.24, 2.45) is 5.92 Å². The normalized spacial score (nSPS) is 11.8. The number of nitrogens with zero attached hydrogens (tertiary/aromatic N) is 1. The molecule has 23 heavy (non-hydrogen) atoms. The van der Waals surface area contributed by atoms with Crippen molar-refractivity contribution in [3.05, 3.63) is 52.1 Å². The Hall–Kier alpha value is -2.09. The summed E-state index contributed by atoms with van der Waals surface area (Å²) >= 11 is 0. The zero-order chi connectivity index (χ0) is 16.4. The van der Waals surface area contributed by atoms with Crippen LogP contribution in [0.3, 0.4) is 0 Å². The molecule has 0 atom stereocenters. The molecule has 0 amide bonds. The molecule has 1 aromatic heterocycles. The summed E-state index contributed by atoms with van der Waals surface area (Å²) in [5, 5.41) is 4.93. The lowest BCUT2D eigenvalue weighted by Crippen LogP contribution is -2.33. The fourth-order valence-corrected chi connectivity index (χ4v) is 3.41. The van der Waals surface area contributed by atoms with Crippen molar-refractivity contribution in [3.8, 4) is 0 Å². The molecule has 0 unspecified atom stereocenters. The third kappa shape index (κ3) is 3.03. The van der Waals surface area contributed by atoms with E-state index in [0.717, 1.165) is 45.8 Å². The van der Waals surface area contributed by atoms with Crippen LogP contribution in [-0.4, -0.2) is 4.57 Å². The van der Waals surface area contributed by atoms with Crippen LogP contribution < -0.4 is 10.9 Å². The van der Waals surface area contributed by atoms with Gasteiger partial charge in [-0.2, -0.15) is 0 Å². The molecule has 3 aromatic rings. The molecule has 0 saturated carbocycles. The van der Waals surface area contributed by atoms with Crippen LogP contribution in [0.15, 0.2) is 41.2 Å². The lowest BCUT2D eigenvalue weighted by molar-refractivity contribution is 0.502. The maximum absolute atomic E-state index is 12.9. The Labute approximate surface area is 137 Å². The minimum absolute atomic E-state index is 0.100. The van der Waals surface area contributed by atoms with Crippen LogP contribution in [0.2, 0.25) is 0 Å². The van der Waals surface area contributed by atoms with Gasteiger partial charge in [0, 0.05) is 28.1 Å². The quantitative estimate of drug-likeness (QED) is 0.615. The molecule has 0 aliphatic rings. The molecule has 2 nitrogen and oxygen atoms in total. The summed E-state index contributed by atoms with van der Waals surface area (Å²) in [7, 11) is 0. The van der Waals surface area contributed by atoms with Crippen molar-refractivity contribution < 1.29 is 0 Å². The molecule has 0 spiro atoms. The summed E-state index contributed by atoms with van der Waals surface area (Å²) in [5.41, 5.74) is 0.100. The average molecular weight is 307 g/mol. The van der Waals surface area contributed by atoms with E-state index in [-0.39, 0.29) is 5.56 Å². The maximum Gasteiger partial charge on any atom is 0.258 e. The number of rotatable bonds is 6. The largest absolute Gasteiger partial charge is 0.308 e. The highest BCUT2D eigenvalue weighted by atomic mass is 16.1. The fourth-order valence-electron chi connectivity index (χ4n) is 3.41. The Morgan fingerprint density at radius 3 is 2.39 bits per heavy atom. The summed E-state index contributed by atoms with van der Waals surface area (Å²) in [5.74, 6) is 0.756. The van der Waals surface area contributed by atoms with E-state index in [9.17, 15) is 4.79 Å². The van der Waals surface area contributed by atoms with Gasteiger partial charge in [0.1, 0.15) is 0 Å². The highest BCUT2D eigenvalue weighted by Gasteiger charge is 2.10. The first-order chi connectivity index (χ1) is 11.1. The summed E-state index contributed by atoms with van der Waals surface area (Å²) in [6.45, 7) is 9.48. The molecule has 2 heteroatoms. The summed E-state index contributed by atoms with van der Waals surface area (Å²) in [4.78, 5) is 12.9. The van der Waals surface area contributed by atoms with Gasteiger partial charge >= 0.3 is 0 Å². The van der Waals surface area contributed by atoms with Gasteiger partial charge in [0.15, 0.2) is 0 Å². The second-order valence-electron chi connectivity index (χ2n) is 6.86. The number of hydrogen-bond donors (Lipinski definition) is 0. The van der Waals surface area contributed by atoms with Gasteiger partial charge in [0.2, 0.25) is 0 Å². The van der Waals surface area contributed by atoms with E-state index in [1.54, 1.807) is 0 Å². The van der Waals surface area contributed by atoms with Gasteiger partial charge < -0.3 is 4.57 Å². The van der Waals surface area contributed by atoms with Gasteiger partial charge in [-0.05, 0) is 23.8 Å². The Bertz CT molecular complexity index is 858. The first kappa shape index (κ1) is 15.8. The van der Waals surface area contributed by atoms with Crippen LogP contribution in [-0.2, 0) is 6.54 Å². The zero-order valence-electron chi connectivity index (χ0n) is 14.1. The molecular formula is C21H25NO. The van der Waals surface area contributed by atoms with Crippen LogP contribution in [0.1, 0.15) is 39.5 Å². The van der Waals surface area contributed by atoms with Crippen molar-refractivity contribution in [2.75, 3.05) is 0 Å². The summed E-state index contributed by atoms with van der Waals surface area (Å²) in [6, 6.07) is 12.1. The lowest BCUT2D eigenvalue weighted by Gasteiger charge is -2.12. The molecule has 3 rings (SSSR count). The van der Waals surface area contributed by atoms with E-state index < -0.39 is 0 Å². The smallest absolute Gasteiger partial charge is 0.258 e. The lowest BCUT2D eigenvalue weighted by atomic mass is 10.0. The molecule has 0 saturated heterocycles. The van der Waals surface area contributed by atoms with Gasteiger partial charge in [-0.15, -0.1) is 0 Å². The molecule has 0 bridgehead atoms. The number of hydrogen-bond acceptors (Lipinski definition) is 1. The zero-order valence-corrected chi connectivity index (χ0v) is 14.1. The second-order valence-corrected chi connectivity index (χ2v) is 6.86. The third-order valence-electron chi connectivity index (χ3n) is 4.68. The SMILES string of the molecule is C=c1c2cccc3cccc(c(=O)n1CCCCCC(C)C)c32. The van der Waals surface area contributed by atoms with E-state index >= 15 is 0 Å². The van der Waals surface area contributed by atoms with Gasteiger partial charge in [-0.3, -0.25) is 4.79 Å². The monoisotopic (exact) mass is 307 g/mol. The predicted molar refractivity (Wildman–Crippen MR) is 99.8 cm³/mol. The molecule has 0 N–H and O–H groups in total. The molecule has 0 aliphatic heterocycles. The van der Waals surface area contributed by atoms with E-state index in [2.05, 4.69) is 38.6 Å². The van der Waals surface area contributed by atoms with Crippen molar-refractivity contribution >= 4 is 28.1 Å². The van der Waals surface area contributed by atoms with E-state index in [0.29, 0.717) is 0 Å². The van der Waals surface area contributed by atoms with Crippen molar-refractivity contribution in [3.63, 3.8) is 0 Å². The van der Waals surface area contributed by atoms with Gasteiger partial charge in [-0.1, -0.05) is 70.0 Å². The maximum atomic E-state index is 12.9. The number of pyridine rings is 1. The molecule has 0 aliphatic carbocycles. The van der Waals surface area contributed by atoms with Crippen LogP contribution in [0.25, 0.3) is 28.1 Å². The molecule has 0 radical (unpaired) electrons. The Kier molecular flexibility index (Phi) is 4.51. The number of unbranched alkanes of at least 4 members (excludes halogenated alkanes) is 2. The van der Waals surface area contributed by atoms with Gasteiger partial charge in [0.05, 0.1) is 0 Å². The van der Waals surface area contributed by atoms with Crippen LogP contribution in [0.4, 0.5) is 0 Å². The molecular weight excluding hydrogens is 282 g/mol. The summed E-state index contributed by atoms with van der Waals surface area (Å²) in [6.07, 6.45) is 4.70. The van der Waals surface area contributed by atoms with Gasteiger partial charge in [0.25, 0.3) is 5.56 Å². The first-order valence-electron chi connectivity index (χ1n) is 8.62. The number of benzene rings is 2. The van der Waals surface area contributed by atoms with Crippen molar-refractivity contribution in [1.82, 2.24) is 4.57 Å². The fraction of sp³-hybridized carbons (Fsp3) is 0.381. The van der Waals surface area contributed by atoms with Crippen LogP contribution in [0, 0.1) is 5.92 Å². The average Bonchev–Trinajstić information content (AvgIpc) is 2.54. The molecule has 2 aromatic carbocycles. The summed E-state index contributed by atoms with van der Waals surface area (Å²) < 4.78 is 1.87. The number of aromatic nitrogens is 1. The first-order valence-corrected chi connectivity index (χ1v) is 8.62. The van der Waals surface area contributed by atoms with Gasteiger partial charge in [-0.25, -0.2) is 0 Å². The molecule has 0 fully saturated rings. The van der Waals surface area contributed by atoms with Crippen molar-refractivity contribution in [1.29, 1.82) is 0 Å². The van der Waals surface area contributed by atoms with Crippen LogP contribution >= 0.6 is 0 Å². The second kappa shape index (κ2) is 6.57. The van der Waals surface area contributed by atoms with E-state index in [1.165, 1.54) is 19.3 Å². The third-order valence-corrected chi connectivity index (χ3v) is 4.68. The molecule has 1 heterocycles. The topological polar surface area (TPSA) is 22.0 Å². The Morgan fingerprint density at radius 1 is 1.00 bits per heavy atom.